The lowest BCUT2D eigenvalue weighted by Crippen LogP contribution is -2.05. The van der Waals surface area contributed by atoms with Gasteiger partial charge in [-0.05, 0) is 30.3 Å². The minimum absolute atomic E-state index is 0.0803. The summed E-state index contributed by atoms with van der Waals surface area (Å²) >= 11 is 0. The van der Waals surface area contributed by atoms with Crippen LogP contribution in [0.2, 0.25) is 0 Å². The third-order valence-corrected chi connectivity index (χ3v) is 2.62. The molecule has 2 aromatic rings. The highest BCUT2D eigenvalue weighted by Gasteiger charge is 2.09. The molecule has 0 fully saturated rings. The molecule has 5 heteroatoms. The van der Waals surface area contributed by atoms with E-state index in [-0.39, 0.29) is 17.7 Å². The Morgan fingerprint density at radius 1 is 1.05 bits per heavy atom. The normalized spacial score (nSPS) is 10.0. The van der Waals surface area contributed by atoms with Crippen LogP contribution in [0.15, 0.2) is 36.4 Å². The van der Waals surface area contributed by atoms with Crippen molar-refractivity contribution in [3.05, 3.63) is 65.0 Å². The molecule has 0 aromatic heterocycles. The molecule has 2 rings (SSSR count). The van der Waals surface area contributed by atoms with Crippen LogP contribution in [0, 0.1) is 28.8 Å². The predicted molar refractivity (Wildman–Crippen MR) is 64.8 cm³/mol. The maximum atomic E-state index is 13.4. The first-order valence-electron chi connectivity index (χ1n) is 5.48. The molecule has 0 aliphatic carbocycles. The molecule has 2 aromatic carbocycles. The Hall–Kier alpha value is -2.48. The lowest BCUT2D eigenvalue weighted by Gasteiger charge is -2.09. The van der Waals surface area contributed by atoms with Gasteiger partial charge in [0.05, 0.1) is 11.3 Å². The van der Waals surface area contributed by atoms with Crippen LogP contribution >= 0.6 is 0 Å². The summed E-state index contributed by atoms with van der Waals surface area (Å²) in [6.45, 7) is -0.126. The highest BCUT2D eigenvalue weighted by atomic mass is 19.1. The van der Waals surface area contributed by atoms with Gasteiger partial charge in [0, 0.05) is 12.1 Å². The third-order valence-electron chi connectivity index (χ3n) is 2.62. The van der Waals surface area contributed by atoms with E-state index in [1.54, 1.807) is 0 Å². The van der Waals surface area contributed by atoms with Crippen molar-refractivity contribution in [2.45, 2.75) is 6.54 Å². The van der Waals surface area contributed by atoms with E-state index >= 15 is 0 Å². The fourth-order valence-corrected chi connectivity index (χ4v) is 1.65. The van der Waals surface area contributed by atoms with E-state index in [4.69, 9.17) is 5.26 Å². The monoisotopic (exact) mass is 262 g/mol. The molecule has 2 nitrogen and oxygen atoms in total. The predicted octanol–water partition coefficient (Wildman–Crippen LogP) is 3.59. The summed E-state index contributed by atoms with van der Waals surface area (Å²) in [4.78, 5) is 0. The number of nitrogens with zero attached hydrogens (tertiary/aromatic N) is 1. The van der Waals surface area contributed by atoms with Crippen LogP contribution in [0.4, 0.5) is 18.9 Å². The zero-order chi connectivity index (χ0) is 13.8. The van der Waals surface area contributed by atoms with Gasteiger partial charge < -0.3 is 5.32 Å². The van der Waals surface area contributed by atoms with Crippen LogP contribution in [0.1, 0.15) is 11.1 Å². The van der Waals surface area contributed by atoms with E-state index in [0.29, 0.717) is 5.69 Å². The molecule has 0 saturated carbocycles. The molecule has 0 aliphatic heterocycles. The molecule has 0 unspecified atom stereocenters. The van der Waals surface area contributed by atoms with Gasteiger partial charge in [0.2, 0.25) is 0 Å². The Bertz CT molecular complexity index is 627. The van der Waals surface area contributed by atoms with E-state index in [1.165, 1.54) is 18.2 Å². The van der Waals surface area contributed by atoms with Crippen molar-refractivity contribution in [3.63, 3.8) is 0 Å². The second-order valence-corrected chi connectivity index (χ2v) is 3.86. The Morgan fingerprint density at radius 2 is 1.74 bits per heavy atom. The molecule has 0 atom stereocenters. The number of hydrogen-bond donors (Lipinski definition) is 1. The van der Waals surface area contributed by atoms with Crippen LogP contribution in [0.5, 0.6) is 0 Å². The summed E-state index contributed by atoms with van der Waals surface area (Å²) in [6.07, 6.45) is 0. The average molecular weight is 262 g/mol. The number of halogens is 3. The van der Waals surface area contributed by atoms with Gasteiger partial charge in [-0.1, -0.05) is 6.07 Å². The van der Waals surface area contributed by atoms with Gasteiger partial charge in [-0.3, -0.25) is 0 Å². The topological polar surface area (TPSA) is 35.8 Å². The number of anilines is 1. The Morgan fingerprint density at radius 3 is 2.37 bits per heavy atom. The van der Waals surface area contributed by atoms with Crippen molar-refractivity contribution in [2.24, 2.45) is 0 Å². The molecule has 0 spiro atoms. The van der Waals surface area contributed by atoms with Crippen molar-refractivity contribution in [3.8, 4) is 6.07 Å². The van der Waals surface area contributed by atoms with Gasteiger partial charge in [0.1, 0.15) is 23.5 Å². The smallest absolute Gasteiger partial charge is 0.131 e. The van der Waals surface area contributed by atoms with Crippen molar-refractivity contribution < 1.29 is 13.2 Å². The summed E-state index contributed by atoms with van der Waals surface area (Å²) < 4.78 is 39.7. The first-order chi connectivity index (χ1) is 9.11. The van der Waals surface area contributed by atoms with Gasteiger partial charge in [0.15, 0.2) is 0 Å². The number of benzene rings is 2. The molecule has 19 heavy (non-hydrogen) atoms. The van der Waals surface area contributed by atoms with Crippen molar-refractivity contribution in [1.29, 1.82) is 5.26 Å². The van der Waals surface area contributed by atoms with E-state index in [9.17, 15) is 13.2 Å². The highest BCUT2D eigenvalue weighted by molar-refractivity contribution is 5.57. The van der Waals surface area contributed by atoms with Crippen LogP contribution in [-0.2, 0) is 6.54 Å². The number of rotatable bonds is 3. The number of nitriles is 1. The zero-order valence-corrected chi connectivity index (χ0v) is 9.75. The van der Waals surface area contributed by atoms with Crippen molar-refractivity contribution in [2.75, 3.05) is 5.32 Å². The van der Waals surface area contributed by atoms with E-state index in [1.807, 2.05) is 6.07 Å². The SMILES string of the molecule is N#Cc1cc(F)ccc1NCc1c(F)cccc1F. The standard InChI is InChI=1S/C14H9F3N2/c15-10-4-5-14(9(6-10)7-18)19-8-11-12(16)2-1-3-13(11)17/h1-6,19H,8H2. The first kappa shape index (κ1) is 13.0. The molecular formula is C14H9F3N2. The van der Waals surface area contributed by atoms with Gasteiger partial charge in [-0.15, -0.1) is 0 Å². The Balaban J connectivity index is 2.22. The van der Waals surface area contributed by atoms with Crippen LogP contribution in [0.3, 0.4) is 0 Å². The molecule has 1 N–H and O–H groups in total. The highest BCUT2D eigenvalue weighted by Crippen LogP contribution is 2.19. The Labute approximate surface area is 108 Å². The average Bonchev–Trinajstić information content (AvgIpc) is 2.39. The molecule has 0 amide bonds. The zero-order valence-electron chi connectivity index (χ0n) is 9.75. The molecule has 0 heterocycles. The fraction of sp³-hybridized carbons (Fsp3) is 0.0714. The maximum absolute atomic E-state index is 13.4. The molecular weight excluding hydrogens is 253 g/mol. The molecule has 96 valence electrons. The van der Waals surface area contributed by atoms with E-state index < -0.39 is 17.5 Å². The van der Waals surface area contributed by atoms with Crippen molar-refractivity contribution >= 4 is 5.69 Å². The van der Waals surface area contributed by atoms with E-state index in [2.05, 4.69) is 5.32 Å². The lowest BCUT2D eigenvalue weighted by molar-refractivity contribution is 0.560. The lowest BCUT2D eigenvalue weighted by atomic mass is 10.1. The summed E-state index contributed by atoms with van der Waals surface area (Å²) in [5.74, 6) is -1.89. The summed E-state index contributed by atoms with van der Waals surface area (Å²) in [5.41, 5.74) is 0.277. The molecule has 0 aliphatic rings. The van der Waals surface area contributed by atoms with Crippen LogP contribution < -0.4 is 5.32 Å². The van der Waals surface area contributed by atoms with Gasteiger partial charge >= 0.3 is 0 Å². The van der Waals surface area contributed by atoms with Gasteiger partial charge in [-0.2, -0.15) is 5.26 Å². The quantitative estimate of drug-likeness (QED) is 0.917. The minimum Gasteiger partial charge on any atom is -0.380 e. The number of hydrogen-bond acceptors (Lipinski definition) is 2. The molecule has 0 radical (unpaired) electrons. The molecule has 0 saturated heterocycles. The van der Waals surface area contributed by atoms with Gasteiger partial charge in [0.25, 0.3) is 0 Å². The molecule has 0 bridgehead atoms. The fourth-order valence-electron chi connectivity index (χ4n) is 1.65. The third kappa shape index (κ3) is 2.86. The minimum atomic E-state index is -0.673. The summed E-state index contributed by atoms with van der Waals surface area (Å²) in [7, 11) is 0. The Kier molecular flexibility index (Phi) is 3.71. The first-order valence-corrected chi connectivity index (χ1v) is 5.48. The largest absolute Gasteiger partial charge is 0.380 e. The van der Waals surface area contributed by atoms with Crippen LogP contribution in [-0.4, -0.2) is 0 Å². The van der Waals surface area contributed by atoms with E-state index in [0.717, 1.165) is 18.2 Å². The maximum Gasteiger partial charge on any atom is 0.131 e. The second-order valence-electron chi connectivity index (χ2n) is 3.86. The second kappa shape index (κ2) is 5.44. The van der Waals surface area contributed by atoms with Crippen LogP contribution in [0.25, 0.3) is 0 Å². The summed E-state index contributed by atoms with van der Waals surface area (Å²) in [6, 6.07) is 8.96. The van der Waals surface area contributed by atoms with Gasteiger partial charge in [-0.25, -0.2) is 13.2 Å². The summed E-state index contributed by atoms with van der Waals surface area (Å²) in [5, 5.41) is 11.6. The van der Waals surface area contributed by atoms with Crippen molar-refractivity contribution in [1.82, 2.24) is 0 Å². The number of nitrogens with one attached hydrogen (secondary N) is 1.